The molecule has 0 aromatic carbocycles. The summed E-state index contributed by atoms with van der Waals surface area (Å²) in [5.41, 5.74) is 2.08. The Morgan fingerprint density at radius 3 is 3.00 bits per heavy atom. The molecule has 7 heteroatoms. The van der Waals surface area contributed by atoms with Crippen molar-refractivity contribution in [1.29, 1.82) is 0 Å². The lowest BCUT2D eigenvalue weighted by Gasteiger charge is -2.33. The molecule has 4 rings (SSSR count). The Labute approximate surface area is 160 Å². The van der Waals surface area contributed by atoms with Crippen LogP contribution in [0.2, 0.25) is 4.34 Å². The zero-order valence-electron chi connectivity index (χ0n) is 14.0. The fourth-order valence-corrected chi connectivity index (χ4v) is 3.92. The average Bonchev–Trinajstić information content (AvgIpc) is 3.22. The van der Waals surface area contributed by atoms with E-state index in [1.807, 2.05) is 29.3 Å². The number of rotatable bonds is 3. The van der Waals surface area contributed by atoms with Crippen molar-refractivity contribution in [3.05, 3.63) is 51.6 Å². The molecule has 5 nitrogen and oxygen atoms in total. The van der Waals surface area contributed by atoms with Gasteiger partial charge in [0.2, 0.25) is 5.91 Å². The van der Waals surface area contributed by atoms with Gasteiger partial charge in [-0.2, -0.15) is 0 Å². The number of halogens is 1. The third-order valence-electron chi connectivity index (χ3n) is 4.32. The van der Waals surface area contributed by atoms with E-state index in [0.29, 0.717) is 26.2 Å². The topological polar surface area (TPSA) is 52.2 Å². The summed E-state index contributed by atoms with van der Waals surface area (Å²) in [6.45, 7) is 3.13. The van der Waals surface area contributed by atoms with Gasteiger partial charge < -0.3 is 9.88 Å². The lowest BCUT2D eigenvalue weighted by atomic mass is 10.2. The lowest BCUT2D eigenvalue weighted by molar-refractivity contribution is -0.136. The van der Waals surface area contributed by atoms with Gasteiger partial charge in [-0.25, -0.2) is 0 Å². The molecule has 26 heavy (non-hydrogen) atoms. The molecule has 1 aliphatic heterocycles. The van der Waals surface area contributed by atoms with Crippen molar-refractivity contribution >= 4 is 39.7 Å². The second-order valence-corrected chi connectivity index (χ2v) is 7.90. The summed E-state index contributed by atoms with van der Waals surface area (Å²) in [7, 11) is 0. The Balaban J connectivity index is 1.33. The first-order valence-electron chi connectivity index (χ1n) is 8.33. The van der Waals surface area contributed by atoms with E-state index in [4.69, 9.17) is 11.6 Å². The molecule has 1 saturated heterocycles. The molecule has 3 aromatic heterocycles. The van der Waals surface area contributed by atoms with Gasteiger partial charge in [-0.15, -0.1) is 11.3 Å². The number of pyridine rings is 1. The second kappa shape index (κ2) is 7.50. The predicted octanol–water partition coefficient (Wildman–Crippen LogP) is 2.97. The highest BCUT2D eigenvalue weighted by Gasteiger charge is 2.23. The van der Waals surface area contributed by atoms with Crippen LogP contribution in [-0.2, 0) is 11.3 Å². The molecular weight excluding hydrogens is 368 g/mol. The minimum Gasteiger partial charge on any atom is -0.357 e. The highest BCUT2D eigenvalue weighted by atomic mass is 35.5. The SMILES string of the molecule is O=C1CN(CC#Cc2ccc(Cl)s2)CCN1Cc1cc2cnccc2[nH]1. The summed E-state index contributed by atoms with van der Waals surface area (Å²) in [5.74, 6) is 6.36. The molecule has 0 spiro atoms. The number of nitrogens with zero attached hydrogens (tertiary/aromatic N) is 3. The molecule has 1 fully saturated rings. The van der Waals surface area contributed by atoms with Crippen molar-refractivity contribution in [2.75, 3.05) is 26.2 Å². The first-order valence-corrected chi connectivity index (χ1v) is 9.53. The van der Waals surface area contributed by atoms with Crippen LogP contribution in [0.4, 0.5) is 0 Å². The van der Waals surface area contributed by atoms with Crippen LogP contribution in [0.15, 0.2) is 36.7 Å². The molecule has 0 atom stereocenters. The van der Waals surface area contributed by atoms with E-state index in [0.717, 1.165) is 32.4 Å². The van der Waals surface area contributed by atoms with E-state index in [1.54, 1.807) is 6.20 Å². The summed E-state index contributed by atoms with van der Waals surface area (Å²) in [6.07, 6.45) is 3.59. The number of piperazine rings is 1. The highest BCUT2D eigenvalue weighted by Crippen LogP contribution is 2.20. The summed E-state index contributed by atoms with van der Waals surface area (Å²) >= 11 is 7.37. The summed E-state index contributed by atoms with van der Waals surface area (Å²) in [6, 6.07) is 7.76. The van der Waals surface area contributed by atoms with Crippen molar-refractivity contribution in [2.45, 2.75) is 6.54 Å². The number of fused-ring (bicyclic) bond motifs is 1. The number of carbonyl (C=O) groups excluding carboxylic acids is 1. The summed E-state index contributed by atoms with van der Waals surface area (Å²) in [5, 5.41) is 1.07. The number of aromatic nitrogens is 2. The van der Waals surface area contributed by atoms with Gasteiger partial charge in [0, 0.05) is 42.1 Å². The molecule has 3 aromatic rings. The molecular formula is C19H17ClN4OS. The van der Waals surface area contributed by atoms with Gasteiger partial charge >= 0.3 is 0 Å². The zero-order valence-corrected chi connectivity index (χ0v) is 15.6. The van der Waals surface area contributed by atoms with Crippen molar-refractivity contribution in [1.82, 2.24) is 19.8 Å². The van der Waals surface area contributed by atoms with Gasteiger partial charge in [0.25, 0.3) is 0 Å². The molecule has 0 aliphatic carbocycles. The Hall–Kier alpha value is -2.33. The van der Waals surface area contributed by atoms with E-state index < -0.39 is 0 Å². The van der Waals surface area contributed by atoms with E-state index in [-0.39, 0.29) is 5.91 Å². The highest BCUT2D eigenvalue weighted by molar-refractivity contribution is 7.16. The summed E-state index contributed by atoms with van der Waals surface area (Å²) < 4.78 is 0.742. The maximum Gasteiger partial charge on any atom is 0.237 e. The molecule has 132 valence electrons. The number of amides is 1. The molecule has 1 aliphatic rings. The van der Waals surface area contributed by atoms with Crippen molar-refractivity contribution in [3.63, 3.8) is 0 Å². The van der Waals surface area contributed by atoms with Gasteiger partial charge in [0.05, 0.1) is 28.8 Å². The number of carbonyl (C=O) groups is 1. The molecule has 0 saturated carbocycles. The van der Waals surface area contributed by atoms with Crippen LogP contribution in [0, 0.1) is 11.8 Å². The average molecular weight is 385 g/mol. The smallest absolute Gasteiger partial charge is 0.237 e. The number of H-pyrrole nitrogens is 1. The fourth-order valence-electron chi connectivity index (χ4n) is 3.00. The van der Waals surface area contributed by atoms with Crippen LogP contribution in [0.3, 0.4) is 0 Å². The third-order valence-corrected chi connectivity index (χ3v) is 5.47. The molecule has 0 unspecified atom stereocenters. The van der Waals surface area contributed by atoms with E-state index in [9.17, 15) is 4.79 Å². The number of thiophene rings is 1. The molecule has 1 amide bonds. The van der Waals surface area contributed by atoms with Gasteiger partial charge in [0.1, 0.15) is 0 Å². The van der Waals surface area contributed by atoms with Gasteiger partial charge in [-0.3, -0.25) is 14.7 Å². The molecule has 0 bridgehead atoms. The minimum atomic E-state index is 0.133. The van der Waals surface area contributed by atoms with E-state index >= 15 is 0 Å². The van der Waals surface area contributed by atoms with Gasteiger partial charge in [-0.1, -0.05) is 23.4 Å². The predicted molar refractivity (Wildman–Crippen MR) is 104 cm³/mol. The van der Waals surface area contributed by atoms with Crippen LogP contribution in [-0.4, -0.2) is 51.9 Å². The normalized spacial score (nSPS) is 15.3. The first-order chi connectivity index (χ1) is 12.7. The van der Waals surface area contributed by atoms with E-state index in [1.165, 1.54) is 11.3 Å². The first kappa shape index (κ1) is 17.1. The minimum absolute atomic E-state index is 0.133. The second-order valence-electron chi connectivity index (χ2n) is 6.19. The Morgan fingerprint density at radius 1 is 1.31 bits per heavy atom. The Kier molecular flexibility index (Phi) is 4.93. The zero-order chi connectivity index (χ0) is 17.9. The number of hydrogen-bond donors (Lipinski definition) is 1. The van der Waals surface area contributed by atoms with Crippen LogP contribution in [0.1, 0.15) is 10.6 Å². The van der Waals surface area contributed by atoms with E-state index in [2.05, 4.69) is 32.8 Å². The van der Waals surface area contributed by atoms with Crippen LogP contribution >= 0.6 is 22.9 Å². The maximum absolute atomic E-state index is 12.5. The molecule has 1 N–H and O–H groups in total. The third kappa shape index (κ3) is 3.91. The van der Waals surface area contributed by atoms with Crippen molar-refractivity contribution in [2.24, 2.45) is 0 Å². The number of hydrogen-bond acceptors (Lipinski definition) is 4. The number of aromatic amines is 1. The fraction of sp³-hybridized carbons (Fsp3) is 0.263. The van der Waals surface area contributed by atoms with Crippen molar-refractivity contribution in [3.8, 4) is 11.8 Å². The largest absolute Gasteiger partial charge is 0.357 e. The van der Waals surface area contributed by atoms with Crippen LogP contribution < -0.4 is 0 Å². The Bertz CT molecular complexity index is 967. The van der Waals surface area contributed by atoms with Crippen LogP contribution in [0.5, 0.6) is 0 Å². The quantitative estimate of drug-likeness (QED) is 0.706. The Morgan fingerprint density at radius 2 is 2.23 bits per heavy atom. The standard InChI is InChI=1S/C19H17ClN4OS/c20-18-4-3-16(26-18)2-1-7-23-8-9-24(19(25)13-23)12-15-10-14-11-21-6-5-17(14)22-15/h3-6,10-11,22H,7-9,12-13H2. The maximum atomic E-state index is 12.5. The van der Waals surface area contributed by atoms with Gasteiger partial charge in [0.15, 0.2) is 0 Å². The number of nitrogens with one attached hydrogen (secondary N) is 1. The van der Waals surface area contributed by atoms with Crippen molar-refractivity contribution < 1.29 is 4.79 Å². The molecule has 0 radical (unpaired) electrons. The summed E-state index contributed by atoms with van der Waals surface area (Å²) in [4.78, 5) is 24.8. The monoisotopic (exact) mass is 384 g/mol. The van der Waals surface area contributed by atoms with Crippen LogP contribution in [0.25, 0.3) is 10.9 Å². The molecule has 4 heterocycles. The lowest BCUT2D eigenvalue weighted by Crippen LogP contribution is -2.49. The van der Waals surface area contributed by atoms with Gasteiger partial charge in [-0.05, 0) is 24.3 Å².